The van der Waals surface area contributed by atoms with Crippen LogP contribution in [0, 0.1) is 35.0 Å². The predicted octanol–water partition coefficient (Wildman–Crippen LogP) is 1.36. The third-order valence-corrected chi connectivity index (χ3v) is 10.4. The first-order chi connectivity index (χ1) is 15.4. The lowest BCUT2D eigenvalue weighted by Crippen LogP contribution is -2.71. The fraction of sp³-hybridized carbons (Fsp3) is 0.870. The Bertz CT molecular complexity index is 939. The number of rotatable bonds is 6. The molecule has 0 aromatic carbocycles. The Balaban J connectivity index is 1.55. The van der Waals surface area contributed by atoms with Gasteiger partial charge in [0, 0.05) is 24.0 Å². The van der Waals surface area contributed by atoms with Crippen molar-refractivity contribution < 1.29 is 18.0 Å². The minimum Gasteiger partial charge on any atom is -0.322 e. The van der Waals surface area contributed by atoms with Crippen LogP contribution >= 0.6 is 0 Å². The SMILES string of the molecule is CN(C(=O)NS(=O)(=O)C1C2CC3CC(C2)CC1(NCC(=O)C1CCNC1C#N)C3)C(C)(C)C. The zero-order chi connectivity index (χ0) is 24.2. The molecule has 0 aromatic rings. The Morgan fingerprint density at radius 3 is 2.39 bits per heavy atom. The Labute approximate surface area is 197 Å². The van der Waals surface area contributed by atoms with Crippen molar-refractivity contribution in [1.29, 1.82) is 5.26 Å². The summed E-state index contributed by atoms with van der Waals surface area (Å²) in [5.74, 6) is 0.458. The summed E-state index contributed by atoms with van der Waals surface area (Å²) in [5.41, 5.74) is -1.23. The highest BCUT2D eigenvalue weighted by atomic mass is 32.2. The van der Waals surface area contributed by atoms with Gasteiger partial charge in [0.25, 0.3) is 0 Å². The van der Waals surface area contributed by atoms with Gasteiger partial charge in [0.05, 0.1) is 12.6 Å². The Morgan fingerprint density at radius 1 is 1.18 bits per heavy atom. The molecule has 5 fully saturated rings. The highest BCUT2D eigenvalue weighted by Crippen LogP contribution is 2.57. The van der Waals surface area contributed by atoms with Crippen molar-refractivity contribution in [1.82, 2.24) is 20.3 Å². The van der Waals surface area contributed by atoms with Gasteiger partial charge < -0.3 is 15.5 Å². The number of sulfonamides is 1. The maximum Gasteiger partial charge on any atom is 0.331 e. The van der Waals surface area contributed by atoms with Crippen molar-refractivity contribution in [3.05, 3.63) is 0 Å². The molecule has 5 unspecified atom stereocenters. The summed E-state index contributed by atoms with van der Waals surface area (Å²) in [7, 11) is -2.38. The van der Waals surface area contributed by atoms with Crippen molar-refractivity contribution in [2.45, 2.75) is 81.7 Å². The molecule has 5 rings (SSSR count). The molecule has 1 heterocycles. The van der Waals surface area contributed by atoms with Crippen LogP contribution in [0.15, 0.2) is 0 Å². The van der Waals surface area contributed by atoms with Crippen LogP contribution in [-0.2, 0) is 14.8 Å². The van der Waals surface area contributed by atoms with Crippen LogP contribution in [0.25, 0.3) is 0 Å². The number of Topliss-reactive ketones (excluding diaryl/α,β-unsaturated/α-hetero) is 1. The molecule has 33 heavy (non-hydrogen) atoms. The van der Waals surface area contributed by atoms with Crippen LogP contribution in [0.4, 0.5) is 4.79 Å². The second kappa shape index (κ2) is 8.51. The Morgan fingerprint density at radius 2 is 1.82 bits per heavy atom. The summed E-state index contributed by atoms with van der Waals surface area (Å²) in [5, 5.41) is 15.0. The van der Waals surface area contributed by atoms with E-state index in [-0.39, 0.29) is 24.2 Å². The molecule has 4 saturated carbocycles. The van der Waals surface area contributed by atoms with Gasteiger partial charge in [-0.3, -0.25) is 4.79 Å². The normalized spacial score (nSPS) is 37.5. The molecule has 5 aliphatic rings. The molecule has 5 atom stereocenters. The third kappa shape index (κ3) is 4.52. The fourth-order valence-electron chi connectivity index (χ4n) is 6.93. The molecule has 3 N–H and O–H groups in total. The zero-order valence-electron chi connectivity index (χ0n) is 20.1. The van der Waals surface area contributed by atoms with E-state index in [1.807, 2.05) is 20.8 Å². The zero-order valence-corrected chi connectivity index (χ0v) is 20.9. The summed E-state index contributed by atoms with van der Waals surface area (Å²) >= 11 is 0. The van der Waals surface area contributed by atoms with Gasteiger partial charge in [-0.1, -0.05) is 0 Å². The van der Waals surface area contributed by atoms with Crippen molar-refractivity contribution in [2.75, 3.05) is 20.1 Å². The van der Waals surface area contributed by atoms with Crippen molar-refractivity contribution in [3.8, 4) is 6.07 Å². The van der Waals surface area contributed by atoms with Gasteiger partial charge >= 0.3 is 6.03 Å². The van der Waals surface area contributed by atoms with E-state index in [0.717, 1.165) is 19.3 Å². The number of nitrogens with zero attached hydrogens (tertiary/aromatic N) is 2. The molecular formula is C23H37N5O4S. The molecule has 10 heteroatoms. The third-order valence-electron chi connectivity index (χ3n) is 8.48. The summed E-state index contributed by atoms with van der Waals surface area (Å²) < 4.78 is 29.6. The highest BCUT2D eigenvalue weighted by molar-refractivity contribution is 7.90. The maximum absolute atomic E-state index is 13.6. The first-order valence-corrected chi connectivity index (χ1v) is 13.6. The quantitative estimate of drug-likeness (QED) is 0.524. The molecule has 4 aliphatic carbocycles. The highest BCUT2D eigenvalue weighted by Gasteiger charge is 2.61. The van der Waals surface area contributed by atoms with Crippen LogP contribution in [0.1, 0.15) is 59.3 Å². The van der Waals surface area contributed by atoms with Crippen LogP contribution in [0.2, 0.25) is 0 Å². The Hall–Kier alpha value is -1.70. The number of nitrogens with one attached hydrogen (secondary N) is 3. The summed E-state index contributed by atoms with van der Waals surface area (Å²) in [4.78, 5) is 27.1. The number of urea groups is 1. The van der Waals surface area contributed by atoms with Gasteiger partial charge in [0.15, 0.2) is 5.78 Å². The number of amides is 2. The number of ketones is 1. The van der Waals surface area contributed by atoms with E-state index in [1.165, 1.54) is 4.90 Å². The van der Waals surface area contributed by atoms with Gasteiger partial charge in [-0.2, -0.15) is 5.26 Å². The van der Waals surface area contributed by atoms with E-state index in [0.29, 0.717) is 37.6 Å². The van der Waals surface area contributed by atoms with Gasteiger partial charge in [0.1, 0.15) is 11.3 Å². The van der Waals surface area contributed by atoms with Crippen LogP contribution < -0.4 is 15.4 Å². The summed E-state index contributed by atoms with van der Waals surface area (Å²) in [6.45, 7) is 6.24. The molecule has 184 valence electrons. The van der Waals surface area contributed by atoms with E-state index < -0.39 is 38.4 Å². The molecule has 0 radical (unpaired) electrons. The monoisotopic (exact) mass is 479 g/mol. The first-order valence-electron chi connectivity index (χ1n) is 12.1. The second-order valence-electron chi connectivity index (χ2n) is 11.6. The first kappa shape index (κ1) is 24.4. The van der Waals surface area contributed by atoms with Crippen molar-refractivity contribution in [3.63, 3.8) is 0 Å². The van der Waals surface area contributed by atoms with Crippen LogP contribution in [0.5, 0.6) is 0 Å². The van der Waals surface area contributed by atoms with E-state index in [2.05, 4.69) is 21.4 Å². The van der Waals surface area contributed by atoms with E-state index in [9.17, 15) is 23.3 Å². The van der Waals surface area contributed by atoms with Gasteiger partial charge in [-0.25, -0.2) is 17.9 Å². The van der Waals surface area contributed by atoms with Gasteiger partial charge in [-0.15, -0.1) is 0 Å². The van der Waals surface area contributed by atoms with Crippen molar-refractivity contribution >= 4 is 21.8 Å². The Kier molecular flexibility index (Phi) is 6.30. The standard InChI is InChI=1S/C23H37N5O4S/c1-22(2,3)28(4)21(30)27-33(31,32)20-16-8-14-7-15(9-16)11-23(20,10-14)26-13-19(29)17-5-6-25-18(17)12-24/h14-18,20,25-26H,5-11,13H2,1-4H3,(H,27,30). The average Bonchev–Trinajstić information content (AvgIpc) is 3.18. The lowest BCUT2D eigenvalue weighted by atomic mass is 9.52. The molecule has 1 saturated heterocycles. The fourth-order valence-corrected chi connectivity index (χ4v) is 9.03. The number of carbonyl (C=O) groups excluding carboxylic acids is 2. The topological polar surface area (TPSA) is 131 Å². The minimum atomic E-state index is -3.97. The molecular weight excluding hydrogens is 442 g/mol. The average molecular weight is 480 g/mol. The van der Waals surface area contributed by atoms with E-state index in [4.69, 9.17) is 0 Å². The predicted molar refractivity (Wildman–Crippen MR) is 124 cm³/mol. The molecule has 9 nitrogen and oxygen atoms in total. The summed E-state index contributed by atoms with van der Waals surface area (Å²) in [6.07, 6.45) is 4.84. The van der Waals surface area contributed by atoms with Gasteiger partial charge in [0.2, 0.25) is 10.0 Å². The largest absolute Gasteiger partial charge is 0.331 e. The molecule has 1 aliphatic heterocycles. The minimum absolute atomic E-state index is 0.0240. The van der Waals surface area contributed by atoms with Crippen LogP contribution in [-0.4, -0.2) is 67.6 Å². The van der Waals surface area contributed by atoms with Gasteiger partial charge in [-0.05, 0) is 83.6 Å². The number of carbonyl (C=O) groups is 2. The molecule has 4 bridgehead atoms. The van der Waals surface area contributed by atoms with E-state index >= 15 is 0 Å². The smallest absolute Gasteiger partial charge is 0.322 e. The lowest BCUT2D eigenvalue weighted by molar-refractivity contribution is -0.123. The molecule has 0 aromatic heterocycles. The summed E-state index contributed by atoms with van der Waals surface area (Å²) in [6, 6.07) is 1.05. The number of hydrogen-bond donors (Lipinski definition) is 3. The maximum atomic E-state index is 13.6. The van der Waals surface area contributed by atoms with Crippen molar-refractivity contribution in [2.24, 2.45) is 23.7 Å². The molecule has 2 amide bonds. The molecule has 0 spiro atoms. The number of nitriles is 1. The number of hydrogen-bond acceptors (Lipinski definition) is 7. The lowest BCUT2D eigenvalue weighted by Gasteiger charge is -2.60. The second-order valence-corrected chi connectivity index (χ2v) is 13.4. The van der Waals surface area contributed by atoms with E-state index in [1.54, 1.807) is 7.05 Å². The van der Waals surface area contributed by atoms with Crippen LogP contribution in [0.3, 0.4) is 0 Å².